The Kier molecular flexibility index (Phi) is 3.82. The Balaban J connectivity index is 1.83. The highest BCUT2D eigenvalue weighted by Gasteiger charge is 2.22. The minimum atomic E-state index is 0.202. The zero-order valence-electron chi connectivity index (χ0n) is 9.35. The lowest BCUT2D eigenvalue weighted by atomic mass is 10.0. The highest BCUT2D eigenvalue weighted by Crippen LogP contribution is 2.19. The first-order chi connectivity index (χ1) is 7.77. The number of nitrogens with zero attached hydrogens (tertiary/aromatic N) is 3. The molecule has 5 nitrogen and oxygen atoms in total. The largest absolute Gasteiger partial charge is 0.339 e. The number of amides is 1. The quantitative estimate of drug-likeness (QED) is 0.809. The van der Waals surface area contributed by atoms with Crippen LogP contribution in [0.1, 0.15) is 26.2 Å². The van der Waals surface area contributed by atoms with E-state index < -0.39 is 0 Å². The van der Waals surface area contributed by atoms with Crippen LogP contribution < -0.4 is 0 Å². The maximum absolute atomic E-state index is 11.9. The molecule has 88 valence electrons. The number of carbonyl (C=O) groups excluding carboxylic acids is 1. The lowest BCUT2D eigenvalue weighted by Gasteiger charge is -2.33. The van der Waals surface area contributed by atoms with E-state index in [0.717, 1.165) is 19.4 Å². The van der Waals surface area contributed by atoms with Crippen LogP contribution in [-0.4, -0.2) is 44.3 Å². The molecule has 6 heteroatoms. The predicted octanol–water partition coefficient (Wildman–Crippen LogP) is 1.30. The molecule has 2 heterocycles. The second-order valence-corrected chi connectivity index (χ2v) is 4.98. The third-order valence-electron chi connectivity index (χ3n) is 2.85. The van der Waals surface area contributed by atoms with Crippen LogP contribution in [0.2, 0.25) is 0 Å². The smallest absolute Gasteiger partial charge is 0.233 e. The molecule has 2 rings (SSSR count). The van der Waals surface area contributed by atoms with Gasteiger partial charge in [-0.05, 0) is 26.2 Å². The number of hydrogen-bond acceptors (Lipinski definition) is 4. The van der Waals surface area contributed by atoms with E-state index >= 15 is 0 Å². The molecule has 1 N–H and O–H groups in total. The Hall–Kier alpha value is -1.04. The van der Waals surface area contributed by atoms with E-state index in [1.807, 2.05) is 4.90 Å². The van der Waals surface area contributed by atoms with Crippen molar-refractivity contribution in [2.45, 2.75) is 37.4 Å². The standard InChI is InChI=1S/C10H16N4OS/c1-8-4-2-3-5-14(8)9(15)6-16-10-11-7-12-13-10/h7-8H,2-6H2,1H3,(H,11,12,13). The number of carbonyl (C=O) groups is 1. The van der Waals surface area contributed by atoms with Crippen molar-refractivity contribution in [3.63, 3.8) is 0 Å². The highest BCUT2D eigenvalue weighted by atomic mass is 32.2. The molecule has 0 radical (unpaired) electrons. The van der Waals surface area contributed by atoms with E-state index in [4.69, 9.17) is 0 Å². The SMILES string of the molecule is CC1CCCCN1C(=O)CSc1ncn[nH]1. The van der Waals surface area contributed by atoms with Crippen molar-refractivity contribution >= 4 is 17.7 Å². The molecule has 1 fully saturated rings. The fourth-order valence-electron chi connectivity index (χ4n) is 1.95. The van der Waals surface area contributed by atoms with Gasteiger partial charge in [-0.3, -0.25) is 9.89 Å². The van der Waals surface area contributed by atoms with Gasteiger partial charge in [0, 0.05) is 12.6 Å². The van der Waals surface area contributed by atoms with Gasteiger partial charge in [0.05, 0.1) is 5.75 Å². The van der Waals surface area contributed by atoms with Gasteiger partial charge in [0.15, 0.2) is 5.16 Å². The summed E-state index contributed by atoms with van der Waals surface area (Å²) in [6.07, 6.45) is 4.94. The molecule has 0 spiro atoms. The lowest BCUT2D eigenvalue weighted by Crippen LogP contribution is -2.42. The Morgan fingerprint density at radius 2 is 2.56 bits per heavy atom. The van der Waals surface area contributed by atoms with Crippen molar-refractivity contribution in [2.75, 3.05) is 12.3 Å². The summed E-state index contributed by atoms with van der Waals surface area (Å²) in [6, 6.07) is 0.386. The van der Waals surface area contributed by atoms with Gasteiger partial charge in [0.2, 0.25) is 5.91 Å². The molecule has 0 bridgehead atoms. The number of likely N-dealkylation sites (tertiary alicyclic amines) is 1. The average Bonchev–Trinajstić information content (AvgIpc) is 2.79. The highest BCUT2D eigenvalue weighted by molar-refractivity contribution is 7.99. The summed E-state index contributed by atoms with van der Waals surface area (Å²) in [4.78, 5) is 17.9. The van der Waals surface area contributed by atoms with E-state index in [0.29, 0.717) is 17.0 Å². The summed E-state index contributed by atoms with van der Waals surface area (Å²) < 4.78 is 0. The molecule has 1 aliphatic heterocycles. The molecule has 1 atom stereocenters. The topological polar surface area (TPSA) is 61.9 Å². The van der Waals surface area contributed by atoms with E-state index in [-0.39, 0.29) is 5.91 Å². The number of rotatable bonds is 3. The first kappa shape index (κ1) is 11.4. The van der Waals surface area contributed by atoms with Crippen LogP contribution >= 0.6 is 11.8 Å². The van der Waals surface area contributed by atoms with Crippen LogP contribution in [0.5, 0.6) is 0 Å². The molecule has 1 amide bonds. The first-order valence-electron chi connectivity index (χ1n) is 5.55. The van der Waals surface area contributed by atoms with Crippen molar-refractivity contribution in [3.8, 4) is 0 Å². The second kappa shape index (κ2) is 5.34. The Morgan fingerprint density at radius 1 is 1.69 bits per heavy atom. The van der Waals surface area contributed by atoms with Crippen molar-refractivity contribution < 1.29 is 4.79 Å². The van der Waals surface area contributed by atoms with Crippen LogP contribution in [0.3, 0.4) is 0 Å². The van der Waals surface area contributed by atoms with Gasteiger partial charge in [-0.25, -0.2) is 4.98 Å². The Labute approximate surface area is 99.0 Å². The summed E-state index contributed by atoms with van der Waals surface area (Å²) in [5, 5.41) is 7.19. The molecular weight excluding hydrogens is 224 g/mol. The summed E-state index contributed by atoms with van der Waals surface area (Å²) in [5.41, 5.74) is 0. The molecule has 16 heavy (non-hydrogen) atoms. The fourth-order valence-corrected chi connectivity index (χ4v) is 2.61. The zero-order chi connectivity index (χ0) is 11.4. The van der Waals surface area contributed by atoms with E-state index in [1.54, 1.807) is 0 Å². The lowest BCUT2D eigenvalue weighted by molar-refractivity contribution is -0.131. The third kappa shape index (κ3) is 2.75. The Bertz CT molecular complexity index is 341. The predicted molar refractivity (Wildman–Crippen MR) is 62.1 cm³/mol. The van der Waals surface area contributed by atoms with Gasteiger partial charge in [0.1, 0.15) is 6.33 Å². The number of thioether (sulfide) groups is 1. The second-order valence-electron chi connectivity index (χ2n) is 4.01. The van der Waals surface area contributed by atoms with Gasteiger partial charge in [-0.15, -0.1) is 0 Å². The minimum Gasteiger partial charge on any atom is -0.339 e. The third-order valence-corrected chi connectivity index (χ3v) is 3.71. The maximum Gasteiger partial charge on any atom is 0.233 e. The normalized spacial score (nSPS) is 21.1. The van der Waals surface area contributed by atoms with E-state index in [2.05, 4.69) is 22.1 Å². The molecule has 0 saturated carbocycles. The number of aromatic nitrogens is 3. The van der Waals surface area contributed by atoms with Gasteiger partial charge in [-0.1, -0.05) is 11.8 Å². The van der Waals surface area contributed by atoms with Crippen molar-refractivity contribution in [1.29, 1.82) is 0 Å². The van der Waals surface area contributed by atoms with Crippen molar-refractivity contribution in [3.05, 3.63) is 6.33 Å². The van der Waals surface area contributed by atoms with E-state index in [9.17, 15) is 4.79 Å². The van der Waals surface area contributed by atoms with Crippen LogP contribution in [-0.2, 0) is 4.79 Å². The molecular formula is C10H16N4OS. The van der Waals surface area contributed by atoms with E-state index in [1.165, 1.54) is 24.5 Å². The average molecular weight is 240 g/mol. The molecule has 1 unspecified atom stereocenters. The van der Waals surface area contributed by atoms with Gasteiger partial charge < -0.3 is 4.90 Å². The molecule has 1 saturated heterocycles. The number of nitrogens with one attached hydrogen (secondary N) is 1. The van der Waals surface area contributed by atoms with Gasteiger partial charge in [-0.2, -0.15) is 5.10 Å². The summed E-state index contributed by atoms with van der Waals surface area (Å²) in [6.45, 7) is 3.02. The minimum absolute atomic E-state index is 0.202. The summed E-state index contributed by atoms with van der Waals surface area (Å²) in [5.74, 6) is 0.646. The number of aromatic amines is 1. The van der Waals surface area contributed by atoms with Crippen LogP contribution in [0, 0.1) is 0 Å². The first-order valence-corrected chi connectivity index (χ1v) is 6.53. The molecule has 0 aliphatic carbocycles. The molecule has 0 aromatic carbocycles. The van der Waals surface area contributed by atoms with Crippen LogP contribution in [0.25, 0.3) is 0 Å². The number of piperidine rings is 1. The van der Waals surface area contributed by atoms with Gasteiger partial charge in [0.25, 0.3) is 0 Å². The van der Waals surface area contributed by atoms with Crippen molar-refractivity contribution in [2.24, 2.45) is 0 Å². The Morgan fingerprint density at radius 3 is 3.25 bits per heavy atom. The van der Waals surface area contributed by atoms with Crippen LogP contribution in [0.15, 0.2) is 11.5 Å². The van der Waals surface area contributed by atoms with Crippen LogP contribution in [0.4, 0.5) is 0 Å². The molecule has 1 aromatic rings. The summed E-state index contributed by atoms with van der Waals surface area (Å²) >= 11 is 1.41. The zero-order valence-corrected chi connectivity index (χ0v) is 10.2. The van der Waals surface area contributed by atoms with Crippen molar-refractivity contribution in [1.82, 2.24) is 20.1 Å². The summed E-state index contributed by atoms with van der Waals surface area (Å²) in [7, 11) is 0. The fraction of sp³-hybridized carbons (Fsp3) is 0.700. The monoisotopic (exact) mass is 240 g/mol. The maximum atomic E-state index is 11.9. The molecule has 1 aromatic heterocycles. The number of H-pyrrole nitrogens is 1. The molecule has 1 aliphatic rings. The van der Waals surface area contributed by atoms with Gasteiger partial charge >= 0.3 is 0 Å². The number of hydrogen-bond donors (Lipinski definition) is 1.